The van der Waals surface area contributed by atoms with Gasteiger partial charge < -0.3 is 9.84 Å². The number of nitro benzene ring substituents is 1. The fourth-order valence-electron chi connectivity index (χ4n) is 1.23. The molecule has 0 heterocycles. The number of nitro groups is 1. The molecule has 0 saturated carbocycles. The van der Waals surface area contributed by atoms with Crippen molar-refractivity contribution in [1.82, 2.24) is 0 Å². The monoisotopic (exact) mass is 276 g/mol. The highest BCUT2D eigenvalue weighted by Gasteiger charge is 2.16. The third kappa shape index (κ3) is 3.57. The van der Waals surface area contributed by atoms with Crippen molar-refractivity contribution in [3.63, 3.8) is 0 Å². The molecule has 8 nitrogen and oxygen atoms in total. The number of ether oxygens (including phenoxy) is 1. The summed E-state index contributed by atoms with van der Waals surface area (Å²) < 4.78 is 29.9. The minimum absolute atomic E-state index is 0.0415. The average molecular weight is 276 g/mol. The maximum Gasteiger partial charge on any atom is 0.271 e. The number of hydrogen-bond acceptors (Lipinski definition) is 6. The van der Waals surface area contributed by atoms with Gasteiger partial charge in [0.25, 0.3) is 5.69 Å². The molecular formula is C9H12N2O6S. The molecule has 2 N–H and O–H groups in total. The summed E-state index contributed by atoms with van der Waals surface area (Å²) in [6, 6.07) is 3.53. The second kappa shape index (κ2) is 5.65. The van der Waals surface area contributed by atoms with Crippen LogP contribution in [0.5, 0.6) is 5.75 Å². The van der Waals surface area contributed by atoms with E-state index in [2.05, 4.69) is 4.72 Å². The Morgan fingerprint density at radius 3 is 2.67 bits per heavy atom. The molecular weight excluding hydrogens is 264 g/mol. The van der Waals surface area contributed by atoms with E-state index in [4.69, 9.17) is 9.84 Å². The van der Waals surface area contributed by atoms with E-state index in [9.17, 15) is 18.5 Å². The van der Waals surface area contributed by atoms with Gasteiger partial charge in [0.2, 0.25) is 10.0 Å². The van der Waals surface area contributed by atoms with Gasteiger partial charge in [0.05, 0.1) is 30.1 Å². The molecule has 1 aromatic carbocycles. The van der Waals surface area contributed by atoms with Gasteiger partial charge in [-0.3, -0.25) is 14.8 Å². The van der Waals surface area contributed by atoms with E-state index in [1.807, 2.05) is 0 Å². The van der Waals surface area contributed by atoms with Gasteiger partial charge in [-0.15, -0.1) is 0 Å². The summed E-state index contributed by atoms with van der Waals surface area (Å²) in [7, 11) is -2.45. The largest absolute Gasteiger partial charge is 0.495 e. The van der Waals surface area contributed by atoms with Crippen molar-refractivity contribution in [3.05, 3.63) is 28.3 Å². The molecule has 0 spiro atoms. The van der Waals surface area contributed by atoms with Crippen molar-refractivity contribution in [3.8, 4) is 5.75 Å². The maximum absolute atomic E-state index is 11.5. The van der Waals surface area contributed by atoms with E-state index in [1.54, 1.807) is 0 Å². The second-order valence-corrected chi connectivity index (χ2v) is 5.13. The normalized spacial score (nSPS) is 11.0. The summed E-state index contributed by atoms with van der Waals surface area (Å²) in [5.74, 6) is -0.346. The summed E-state index contributed by atoms with van der Waals surface area (Å²) in [6.07, 6.45) is 0. The number of anilines is 1. The molecule has 0 aliphatic carbocycles. The van der Waals surface area contributed by atoms with E-state index in [0.29, 0.717) is 0 Å². The molecule has 0 bridgehead atoms. The van der Waals surface area contributed by atoms with Crippen LogP contribution in [0.2, 0.25) is 0 Å². The van der Waals surface area contributed by atoms with Crippen LogP contribution in [0.3, 0.4) is 0 Å². The zero-order chi connectivity index (χ0) is 13.8. The topological polar surface area (TPSA) is 119 Å². The van der Waals surface area contributed by atoms with Gasteiger partial charge in [-0.1, -0.05) is 0 Å². The van der Waals surface area contributed by atoms with Crippen molar-refractivity contribution >= 4 is 21.4 Å². The van der Waals surface area contributed by atoms with Gasteiger partial charge in [0, 0.05) is 12.1 Å². The molecule has 0 saturated heterocycles. The van der Waals surface area contributed by atoms with Gasteiger partial charge in [0.15, 0.2) is 0 Å². The van der Waals surface area contributed by atoms with Crippen LogP contribution in [-0.2, 0) is 10.0 Å². The minimum atomic E-state index is -3.76. The van der Waals surface area contributed by atoms with Crippen LogP contribution in [-0.4, -0.2) is 37.9 Å². The highest BCUT2D eigenvalue weighted by Crippen LogP contribution is 2.29. The van der Waals surface area contributed by atoms with E-state index < -0.39 is 27.3 Å². The lowest BCUT2D eigenvalue weighted by atomic mass is 10.2. The van der Waals surface area contributed by atoms with E-state index in [0.717, 1.165) is 6.07 Å². The van der Waals surface area contributed by atoms with Crippen LogP contribution in [0, 0.1) is 10.1 Å². The fourth-order valence-corrected chi connectivity index (χ4v) is 2.07. The number of nitrogens with zero attached hydrogens (tertiary/aromatic N) is 1. The lowest BCUT2D eigenvalue weighted by Gasteiger charge is -2.10. The Bertz CT molecular complexity index is 542. The lowest BCUT2D eigenvalue weighted by molar-refractivity contribution is -0.384. The molecule has 1 aromatic rings. The highest BCUT2D eigenvalue weighted by atomic mass is 32.2. The molecule has 1 rings (SSSR count). The summed E-state index contributed by atoms with van der Waals surface area (Å²) in [6.45, 7) is -0.549. The molecule has 100 valence electrons. The number of methoxy groups -OCH3 is 1. The van der Waals surface area contributed by atoms with Crippen molar-refractivity contribution < 1.29 is 23.2 Å². The molecule has 0 unspecified atom stereocenters. The predicted molar refractivity (Wildman–Crippen MR) is 64.1 cm³/mol. The smallest absolute Gasteiger partial charge is 0.271 e. The molecule has 0 amide bonds. The molecule has 9 heteroatoms. The number of benzene rings is 1. The zero-order valence-electron chi connectivity index (χ0n) is 9.49. The quantitative estimate of drug-likeness (QED) is 0.571. The minimum Gasteiger partial charge on any atom is -0.495 e. The number of rotatable bonds is 6. The first-order valence-corrected chi connectivity index (χ1v) is 6.48. The van der Waals surface area contributed by atoms with E-state index >= 15 is 0 Å². The van der Waals surface area contributed by atoms with E-state index in [1.165, 1.54) is 19.2 Å². The maximum atomic E-state index is 11.5. The Kier molecular flexibility index (Phi) is 4.45. The standard InChI is InChI=1S/C9H12N2O6S/c1-17-9-3-2-7(11(13)14)6-8(9)10-18(15,16)5-4-12/h2-3,6,10,12H,4-5H2,1H3. The van der Waals surface area contributed by atoms with Gasteiger partial charge in [-0.05, 0) is 6.07 Å². The molecule has 0 aliphatic heterocycles. The Hall–Kier alpha value is -1.87. The van der Waals surface area contributed by atoms with Crippen LogP contribution >= 0.6 is 0 Å². The van der Waals surface area contributed by atoms with Gasteiger partial charge in [0.1, 0.15) is 5.75 Å². The van der Waals surface area contributed by atoms with Gasteiger partial charge >= 0.3 is 0 Å². The van der Waals surface area contributed by atoms with Crippen molar-refractivity contribution in [2.45, 2.75) is 0 Å². The van der Waals surface area contributed by atoms with Gasteiger partial charge in [-0.2, -0.15) is 0 Å². The number of aliphatic hydroxyl groups is 1. The summed E-state index contributed by atoms with van der Waals surface area (Å²) >= 11 is 0. The molecule has 0 radical (unpaired) electrons. The molecule has 0 aliphatic rings. The van der Waals surface area contributed by atoms with E-state index in [-0.39, 0.29) is 17.1 Å². The highest BCUT2D eigenvalue weighted by molar-refractivity contribution is 7.92. The van der Waals surface area contributed by atoms with Crippen LogP contribution in [0.4, 0.5) is 11.4 Å². The lowest BCUT2D eigenvalue weighted by Crippen LogP contribution is -2.19. The fraction of sp³-hybridized carbons (Fsp3) is 0.333. The summed E-state index contributed by atoms with van der Waals surface area (Å²) in [5.41, 5.74) is -0.308. The summed E-state index contributed by atoms with van der Waals surface area (Å²) in [4.78, 5) is 9.94. The molecule has 18 heavy (non-hydrogen) atoms. The Morgan fingerprint density at radius 2 is 2.17 bits per heavy atom. The van der Waals surface area contributed by atoms with Crippen LogP contribution in [0.15, 0.2) is 18.2 Å². The molecule has 0 fully saturated rings. The average Bonchev–Trinajstić information content (AvgIpc) is 2.28. The molecule has 0 aromatic heterocycles. The molecule has 0 atom stereocenters. The number of aliphatic hydroxyl groups excluding tert-OH is 1. The number of hydrogen-bond donors (Lipinski definition) is 2. The first-order valence-electron chi connectivity index (χ1n) is 4.83. The Balaban J connectivity index is 3.13. The van der Waals surface area contributed by atoms with Crippen LogP contribution in [0.25, 0.3) is 0 Å². The zero-order valence-corrected chi connectivity index (χ0v) is 10.3. The number of nitrogens with one attached hydrogen (secondary N) is 1. The first kappa shape index (κ1) is 14.2. The Morgan fingerprint density at radius 1 is 1.50 bits per heavy atom. The van der Waals surface area contributed by atoms with Crippen molar-refractivity contribution in [2.75, 3.05) is 24.2 Å². The predicted octanol–water partition coefficient (Wildman–Crippen LogP) is 0.337. The number of sulfonamides is 1. The summed E-state index contributed by atoms with van der Waals surface area (Å²) in [5, 5.41) is 19.2. The Labute approximate surface area is 103 Å². The second-order valence-electron chi connectivity index (χ2n) is 3.29. The van der Waals surface area contributed by atoms with Crippen LogP contribution in [0.1, 0.15) is 0 Å². The number of non-ortho nitro benzene ring substituents is 1. The third-order valence-electron chi connectivity index (χ3n) is 2.02. The van der Waals surface area contributed by atoms with Crippen molar-refractivity contribution in [2.24, 2.45) is 0 Å². The third-order valence-corrected chi connectivity index (χ3v) is 3.27. The SMILES string of the molecule is COc1ccc([N+](=O)[O-])cc1NS(=O)(=O)CCO. The van der Waals surface area contributed by atoms with Gasteiger partial charge in [-0.25, -0.2) is 8.42 Å². The van der Waals surface area contributed by atoms with Crippen LogP contribution < -0.4 is 9.46 Å². The van der Waals surface area contributed by atoms with Crippen molar-refractivity contribution in [1.29, 1.82) is 0 Å². The first-order chi connectivity index (χ1) is 8.39.